The summed E-state index contributed by atoms with van der Waals surface area (Å²) < 4.78 is 5.35. The van der Waals surface area contributed by atoms with E-state index in [1.165, 1.54) is 12.3 Å². The zero-order valence-electron chi connectivity index (χ0n) is 22.3. The number of likely N-dealkylation sites (tertiary alicyclic amines) is 1. The molecule has 4 rings (SSSR count). The molecular formula is C27H33N7O4S. The number of aromatic nitrogens is 2. The molecule has 3 aromatic rings. The lowest BCUT2D eigenvalue weighted by atomic mass is 10.0. The Bertz CT molecular complexity index is 1310. The highest BCUT2D eigenvalue weighted by Crippen LogP contribution is 2.23. The van der Waals surface area contributed by atoms with Crippen molar-refractivity contribution in [3.63, 3.8) is 0 Å². The van der Waals surface area contributed by atoms with E-state index < -0.39 is 0 Å². The van der Waals surface area contributed by atoms with Crippen molar-refractivity contribution in [3.05, 3.63) is 68.5 Å². The van der Waals surface area contributed by atoms with E-state index in [1.54, 1.807) is 31.3 Å². The smallest absolute Gasteiger partial charge is 0.323 e. The number of nitrogens with zero attached hydrogens (tertiary/aromatic N) is 5. The van der Waals surface area contributed by atoms with Gasteiger partial charge in [0.15, 0.2) is 11.9 Å². The molecular weight excluding hydrogens is 518 g/mol. The van der Waals surface area contributed by atoms with Crippen LogP contribution in [0.3, 0.4) is 0 Å². The fourth-order valence-electron chi connectivity index (χ4n) is 5.03. The number of nitrogens with one attached hydrogen (secondary N) is 2. The Balaban J connectivity index is 1.29. The molecule has 12 heteroatoms. The van der Waals surface area contributed by atoms with Crippen LogP contribution < -0.4 is 15.4 Å². The number of pyridine rings is 1. The summed E-state index contributed by atoms with van der Waals surface area (Å²) in [4.78, 5) is 30.2. The summed E-state index contributed by atoms with van der Waals surface area (Å²) in [5.41, 5.74) is 2.20. The van der Waals surface area contributed by atoms with Gasteiger partial charge in [0, 0.05) is 57.3 Å². The van der Waals surface area contributed by atoms with Crippen LogP contribution in [0.2, 0.25) is 0 Å². The lowest BCUT2D eigenvalue weighted by Gasteiger charge is -2.40. The number of thiophene rings is 1. The first-order valence-electron chi connectivity index (χ1n) is 12.9. The second kappa shape index (κ2) is 12.7. The molecule has 4 heterocycles. The lowest BCUT2D eigenvalue weighted by molar-refractivity contribution is -0.615. The molecule has 1 fully saturated rings. The molecule has 1 aliphatic heterocycles. The molecule has 0 bridgehead atoms. The van der Waals surface area contributed by atoms with Gasteiger partial charge >= 0.3 is 6.03 Å². The van der Waals surface area contributed by atoms with Crippen LogP contribution in [0.4, 0.5) is 10.6 Å². The Kier molecular flexibility index (Phi) is 9.16. The third-order valence-electron chi connectivity index (χ3n) is 7.25. The van der Waals surface area contributed by atoms with Crippen LogP contribution in [0.5, 0.6) is 0 Å². The van der Waals surface area contributed by atoms with Crippen LogP contribution in [-0.2, 0) is 6.54 Å². The molecule has 0 unspecified atom stereocenters. The minimum atomic E-state index is -0.313. The molecule has 11 nitrogen and oxygen atoms in total. The molecule has 0 aliphatic carbocycles. The zero-order valence-corrected chi connectivity index (χ0v) is 23.2. The average molecular weight is 552 g/mol. The van der Waals surface area contributed by atoms with Crippen molar-refractivity contribution in [3.8, 4) is 6.07 Å². The van der Waals surface area contributed by atoms with Gasteiger partial charge in [-0.15, -0.1) is 0 Å². The van der Waals surface area contributed by atoms with Gasteiger partial charge < -0.3 is 24.8 Å². The zero-order chi connectivity index (χ0) is 27.9. The van der Waals surface area contributed by atoms with Crippen LogP contribution in [0.1, 0.15) is 59.1 Å². The average Bonchev–Trinajstić information content (AvgIpc) is 3.64. The quantitative estimate of drug-likeness (QED) is 0.306. The number of nitriles is 1. The van der Waals surface area contributed by atoms with E-state index in [2.05, 4.69) is 33.0 Å². The van der Waals surface area contributed by atoms with Gasteiger partial charge in [-0.1, -0.05) is 5.16 Å². The fourth-order valence-corrected chi connectivity index (χ4v) is 5.69. The Morgan fingerprint density at radius 3 is 2.77 bits per heavy atom. The maximum absolute atomic E-state index is 13.1. The third kappa shape index (κ3) is 6.74. The second-order valence-corrected chi connectivity index (χ2v) is 10.6. The summed E-state index contributed by atoms with van der Waals surface area (Å²) >= 11 is 1.61. The molecule has 206 valence electrons. The minimum Gasteiger partial charge on any atom is -0.618 e. The van der Waals surface area contributed by atoms with E-state index in [-0.39, 0.29) is 35.4 Å². The highest BCUT2D eigenvalue weighted by atomic mass is 32.1. The second-order valence-electron chi connectivity index (χ2n) is 9.81. The van der Waals surface area contributed by atoms with Crippen molar-refractivity contribution < 1.29 is 18.8 Å². The highest BCUT2D eigenvalue weighted by Gasteiger charge is 2.30. The van der Waals surface area contributed by atoms with E-state index >= 15 is 0 Å². The first-order chi connectivity index (χ1) is 18.8. The predicted octanol–water partition coefficient (Wildman–Crippen LogP) is 3.57. The van der Waals surface area contributed by atoms with E-state index in [9.17, 15) is 14.8 Å². The van der Waals surface area contributed by atoms with Crippen LogP contribution >= 0.6 is 11.3 Å². The van der Waals surface area contributed by atoms with Crippen molar-refractivity contribution in [2.45, 2.75) is 58.7 Å². The topological polar surface area (TPSA) is 141 Å². The molecule has 3 amide bonds. The SMILES string of the molecule is Cc1cc(C#N)[n+]([O-])c(C)c1C(=O)NCC[C@@H](C)N1CCC(N(Cc2ccsc2)C(=O)Nc2ccon2)CC1. The Morgan fingerprint density at radius 1 is 1.36 bits per heavy atom. The molecule has 0 saturated carbocycles. The maximum Gasteiger partial charge on any atom is 0.323 e. The predicted molar refractivity (Wildman–Crippen MR) is 146 cm³/mol. The molecule has 2 N–H and O–H groups in total. The summed E-state index contributed by atoms with van der Waals surface area (Å²) in [6.45, 7) is 8.07. The Labute approximate surface area is 231 Å². The van der Waals surface area contributed by atoms with Crippen molar-refractivity contribution in [1.82, 2.24) is 20.3 Å². The van der Waals surface area contributed by atoms with Crippen LogP contribution in [-0.4, -0.2) is 58.6 Å². The minimum absolute atomic E-state index is 0.0249. The number of anilines is 1. The van der Waals surface area contributed by atoms with Gasteiger partial charge in [-0.25, -0.2) is 4.79 Å². The van der Waals surface area contributed by atoms with Gasteiger partial charge in [-0.05, 0) is 61.1 Å². The standard InChI is InChI=1S/C27H33N7O4S/c1-18-14-23(15-28)34(37)20(3)25(18)26(35)29-9-4-19(2)32-10-5-22(6-11-32)33(16-21-8-13-39-17-21)27(36)30-24-7-12-38-31-24/h7-8,12-14,17,19,22H,4-6,9-11,16H2,1-3H3,(H,29,35)(H,30,31,36)/t19-/m1/s1. The number of carbonyl (C=O) groups excluding carboxylic acids is 2. The van der Waals surface area contributed by atoms with Crippen molar-refractivity contribution in [2.24, 2.45) is 0 Å². The first kappa shape index (κ1) is 28.1. The van der Waals surface area contributed by atoms with Gasteiger partial charge in [0.1, 0.15) is 11.8 Å². The molecule has 0 aromatic carbocycles. The van der Waals surface area contributed by atoms with Gasteiger partial charge in [0.2, 0.25) is 5.69 Å². The summed E-state index contributed by atoms with van der Waals surface area (Å²) in [7, 11) is 0. The largest absolute Gasteiger partial charge is 0.618 e. The Morgan fingerprint density at radius 2 is 2.13 bits per heavy atom. The molecule has 0 radical (unpaired) electrons. The maximum atomic E-state index is 13.1. The molecule has 1 saturated heterocycles. The number of aryl methyl sites for hydroxylation is 1. The van der Waals surface area contributed by atoms with E-state index in [1.807, 2.05) is 22.4 Å². The lowest BCUT2D eigenvalue weighted by Crippen LogP contribution is -2.50. The highest BCUT2D eigenvalue weighted by molar-refractivity contribution is 7.07. The van der Waals surface area contributed by atoms with Gasteiger partial charge in [-0.3, -0.25) is 10.1 Å². The normalized spacial score (nSPS) is 14.9. The van der Waals surface area contributed by atoms with Gasteiger partial charge in [0.25, 0.3) is 11.6 Å². The number of rotatable bonds is 9. The number of amides is 3. The van der Waals surface area contributed by atoms with Gasteiger partial charge in [-0.2, -0.15) is 21.3 Å². The number of piperidine rings is 1. The third-order valence-corrected chi connectivity index (χ3v) is 7.98. The van der Waals surface area contributed by atoms with Crippen molar-refractivity contribution in [1.29, 1.82) is 5.26 Å². The van der Waals surface area contributed by atoms with Crippen LogP contribution in [0.25, 0.3) is 0 Å². The fraction of sp³-hybridized carbons (Fsp3) is 0.444. The van der Waals surface area contributed by atoms with Crippen molar-refractivity contribution in [2.75, 3.05) is 25.0 Å². The number of urea groups is 1. The monoisotopic (exact) mass is 551 g/mol. The molecule has 0 spiro atoms. The van der Waals surface area contributed by atoms with Gasteiger partial charge in [0.05, 0.1) is 0 Å². The molecule has 3 aromatic heterocycles. The molecule has 1 aliphatic rings. The van der Waals surface area contributed by atoms with E-state index in [0.29, 0.717) is 34.8 Å². The number of hydrogen-bond acceptors (Lipinski definition) is 8. The Hall–Kier alpha value is -3.95. The van der Waals surface area contributed by atoms with E-state index in [0.717, 1.165) is 37.9 Å². The number of carbonyl (C=O) groups is 2. The van der Waals surface area contributed by atoms with Crippen molar-refractivity contribution >= 4 is 29.1 Å². The van der Waals surface area contributed by atoms with Crippen LogP contribution in [0, 0.1) is 30.4 Å². The molecule has 1 atom stereocenters. The molecule has 39 heavy (non-hydrogen) atoms. The number of hydrogen-bond donors (Lipinski definition) is 2. The summed E-state index contributed by atoms with van der Waals surface area (Å²) in [5, 5.41) is 34.9. The summed E-state index contributed by atoms with van der Waals surface area (Å²) in [6.07, 6.45) is 3.84. The summed E-state index contributed by atoms with van der Waals surface area (Å²) in [6, 6.07) is 7.06. The van der Waals surface area contributed by atoms with Crippen LogP contribution in [0.15, 0.2) is 39.7 Å². The first-order valence-corrected chi connectivity index (χ1v) is 13.9. The van der Waals surface area contributed by atoms with E-state index in [4.69, 9.17) is 9.78 Å². The summed E-state index contributed by atoms with van der Waals surface area (Å²) in [5.74, 6) is 0.0760.